The number of allylic oxidation sites excluding steroid dienone is 4. The summed E-state index contributed by atoms with van der Waals surface area (Å²) in [5.74, 6) is 2.29. The van der Waals surface area contributed by atoms with Crippen LogP contribution in [0.3, 0.4) is 0 Å². The third-order valence-corrected chi connectivity index (χ3v) is 4.14. The van der Waals surface area contributed by atoms with Gasteiger partial charge in [0, 0.05) is 11.8 Å². The lowest BCUT2D eigenvalue weighted by Gasteiger charge is -2.20. The zero-order chi connectivity index (χ0) is 16.4. The summed E-state index contributed by atoms with van der Waals surface area (Å²) in [7, 11) is 0. The Balaban J connectivity index is 1.78. The number of aromatic nitrogens is 3. The second-order valence-corrected chi connectivity index (χ2v) is 6.80. The molecule has 0 aliphatic heterocycles. The molecule has 2 unspecified atom stereocenters. The van der Waals surface area contributed by atoms with E-state index in [-0.39, 0.29) is 5.92 Å². The van der Waals surface area contributed by atoms with Crippen molar-refractivity contribution in [1.29, 1.82) is 0 Å². The lowest BCUT2D eigenvalue weighted by Crippen LogP contribution is -2.10. The van der Waals surface area contributed by atoms with Crippen LogP contribution in [0.15, 0.2) is 46.7 Å². The van der Waals surface area contributed by atoms with Gasteiger partial charge in [0.1, 0.15) is 5.15 Å². The minimum atomic E-state index is 0.118. The highest BCUT2D eigenvalue weighted by molar-refractivity contribution is 6.29. The van der Waals surface area contributed by atoms with E-state index in [2.05, 4.69) is 54.1 Å². The summed E-state index contributed by atoms with van der Waals surface area (Å²) >= 11 is 5.80. The molecule has 0 saturated carbocycles. The lowest BCUT2D eigenvalue weighted by atomic mass is 9.85. The fourth-order valence-corrected chi connectivity index (χ4v) is 2.92. The normalized spacial score (nSPS) is 20.8. The SMILES string of the molecule is CC(C)CC1=CC(C)C(c2nc(-c3ccc(Cl)nc3)no2)C=C1. The predicted octanol–water partition coefficient (Wildman–Crippen LogP) is 5.05. The predicted molar refractivity (Wildman–Crippen MR) is 91.1 cm³/mol. The van der Waals surface area contributed by atoms with Gasteiger partial charge in [0.15, 0.2) is 0 Å². The second kappa shape index (κ2) is 6.67. The number of hydrogen-bond donors (Lipinski definition) is 0. The van der Waals surface area contributed by atoms with E-state index in [9.17, 15) is 0 Å². The summed E-state index contributed by atoms with van der Waals surface area (Å²) < 4.78 is 5.47. The molecule has 3 rings (SSSR count). The van der Waals surface area contributed by atoms with Crippen LogP contribution in [-0.2, 0) is 0 Å². The van der Waals surface area contributed by atoms with Gasteiger partial charge in [-0.2, -0.15) is 4.98 Å². The molecule has 23 heavy (non-hydrogen) atoms. The fourth-order valence-electron chi connectivity index (χ4n) is 2.81. The molecule has 2 aromatic heterocycles. The quantitative estimate of drug-likeness (QED) is 0.737. The molecular weight excluding hydrogens is 310 g/mol. The van der Waals surface area contributed by atoms with Crippen molar-refractivity contribution in [3.63, 3.8) is 0 Å². The molecule has 1 aliphatic carbocycles. The molecule has 1 aliphatic rings. The highest BCUT2D eigenvalue weighted by Crippen LogP contribution is 2.33. The third-order valence-electron chi connectivity index (χ3n) is 3.92. The Labute approximate surface area is 141 Å². The molecule has 120 valence electrons. The molecule has 0 spiro atoms. The number of nitrogens with zero attached hydrogens (tertiary/aromatic N) is 3. The first-order valence-electron chi connectivity index (χ1n) is 7.87. The van der Waals surface area contributed by atoms with Gasteiger partial charge in [-0.1, -0.05) is 61.3 Å². The highest BCUT2D eigenvalue weighted by Gasteiger charge is 2.24. The Morgan fingerprint density at radius 2 is 2.13 bits per heavy atom. The van der Waals surface area contributed by atoms with Gasteiger partial charge in [0.2, 0.25) is 11.7 Å². The zero-order valence-electron chi connectivity index (χ0n) is 13.5. The van der Waals surface area contributed by atoms with Crippen LogP contribution in [0.1, 0.15) is 39.0 Å². The largest absolute Gasteiger partial charge is 0.338 e. The van der Waals surface area contributed by atoms with E-state index in [0.717, 1.165) is 12.0 Å². The summed E-state index contributed by atoms with van der Waals surface area (Å²) in [4.78, 5) is 8.58. The molecule has 0 bridgehead atoms. The van der Waals surface area contributed by atoms with Crippen LogP contribution in [0.25, 0.3) is 11.4 Å². The van der Waals surface area contributed by atoms with Crippen LogP contribution in [0, 0.1) is 11.8 Å². The topological polar surface area (TPSA) is 51.8 Å². The molecule has 0 saturated heterocycles. The van der Waals surface area contributed by atoms with E-state index < -0.39 is 0 Å². The van der Waals surface area contributed by atoms with Crippen molar-refractivity contribution in [3.8, 4) is 11.4 Å². The van der Waals surface area contributed by atoms with Gasteiger partial charge in [-0.3, -0.25) is 0 Å². The molecule has 0 aromatic carbocycles. The van der Waals surface area contributed by atoms with E-state index in [4.69, 9.17) is 16.1 Å². The Bertz CT molecular complexity index is 731. The van der Waals surface area contributed by atoms with Crippen molar-refractivity contribution in [2.45, 2.75) is 33.1 Å². The van der Waals surface area contributed by atoms with Crippen molar-refractivity contribution < 1.29 is 4.52 Å². The monoisotopic (exact) mass is 329 g/mol. The number of pyridine rings is 1. The van der Waals surface area contributed by atoms with Gasteiger partial charge in [0.05, 0.1) is 5.92 Å². The van der Waals surface area contributed by atoms with E-state index in [0.29, 0.717) is 28.7 Å². The van der Waals surface area contributed by atoms with Crippen LogP contribution in [0.5, 0.6) is 0 Å². The van der Waals surface area contributed by atoms with Crippen molar-refractivity contribution in [1.82, 2.24) is 15.1 Å². The summed E-state index contributed by atoms with van der Waals surface area (Å²) in [5, 5.41) is 4.52. The minimum absolute atomic E-state index is 0.118. The van der Waals surface area contributed by atoms with Crippen molar-refractivity contribution in [2.75, 3.05) is 0 Å². The highest BCUT2D eigenvalue weighted by atomic mass is 35.5. The summed E-state index contributed by atoms with van der Waals surface area (Å²) in [6, 6.07) is 3.56. The molecule has 5 heteroatoms. The van der Waals surface area contributed by atoms with E-state index >= 15 is 0 Å². The van der Waals surface area contributed by atoms with Gasteiger partial charge in [-0.15, -0.1) is 0 Å². The van der Waals surface area contributed by atoms with E-state index in [1.54, 1.807) is 12.3 Å². The Morgan fingerprint density at radius 3 is 2.78 bits per heavy atom. The van der Waals surface area contributed by atoms with Crippen molar-refractivity contribution >= 4 is 11.6 Å². The van der Waals surface area contributed by atoms with Crippen LogP contribution < -0.4 is 0 Å². The number of hydrogen-bond acceptors (Lipinski definition) is 4. The molecule has 0 N–H and O–H groups in total. The molecule has 2 aromatic rings. The minimum Gasteiger partial charge on any atom is -0.338 e. The summed E-state index contributed by atoms with van der Waals surface area (Å²) in [6.07, 6.45) is 9.40. The molecule has 2 atom stereocenters. The second-order valence-electron chi connectivity index (χ2n) is 6.41. The Kier molecular flexibility index (Phi) is 4.62. The van der Waals surface area contributed by atoms with Crippen LogP contribution >= 0.6 is 11.6 Å². The number of rotatable bonds is 4. The average molecular weight is 330 g/mol. The van der Waals surface area contributed by atoms with E-state index in [1.165, 1.54) is 5.57 Å². The number of halogens is 1. The average Bonchev–Trinajstić information content (AvgIpc) is 2.97. The van der Waals surface area contributed by atoms with E-state index in [1.807, 2.05) is 6.07 Å². The Morgan fingerprint density at radius 1 is 1.30 bits per heavy atom. The van der Waals surface area contributed by atoms with Crippen LogP contribution in [-0.4, -0.2) is 15.1 Å². The molecule has 0 fully saturated rings. The fraction of sp³-hybridized carbons (Fsp3) is 0.389. The van der Waals surface area contributed by atoms with Gasteiger partial charge in [-0.05, 0) is 30.4 Å². The summed E-state index contributed by atoms with van der Waals surface area (Å²) in [5.41, 5.74) is 2.18. The van der Waals surface area contributed by atoms with Gasteiger partial charge >= 0.3 is 0 Å². The first-order chi connectivity index (χ1) is 11.0. The molecule has 0 radical (unpaired) electrons. The lowest BCUT2D eigenvalue weighted by molar-refractivity contribution is 0.351. The Hall–Kier alpha value is -1.94. The molecule has 0 amide bonds. The first-order valence-corrected chi connectivity index (χ1v) is 8.25. The third kappa shape index (κ3) is 3.70. The van der Waals surface area contributed by atoms with Crippen molar-refractivity contribution in [2.24, 2.45) is 11.8 Å². The van der Waals surface area contributed by atoms with Gasteiger partial charge in [0.25, 0.3) is 0 Å². The van der Waals surface area contributed by atoms with Gasteiger partial charge < -0.3 is 4.52 Å². The molecule has 2 heterocycles. The van der Waals surface area contributed by atoms with Crippen LogP contribution in [0.4, 0.5) is 0 Å². The van der Waals surface area contributed by atoms with Gasteiger partial charge in [-0.25, -0.2) is 4.98 Å². The van der Waals surface area contributed by atoms with Crippen LogP contribution in [0.2, 0.25) is 5.15 Å². The smallest absolute Gasteiger partial charge is 0.234 e. The summed E-state index contributed by atoms with van der Waals surface area (Å²) in [6.45, 7) is 6.65. The zero-order valence-corrected chi connectivity index (χ0v) is 14.3. The maximum Gasteiger partial charge on any atom is 0.234 e. The standard InChI is InChI=1S/C18H20ClN3O/c1-11(2)8-13-4-6-15(12(3)9-13)18-21-17(22-23-18)14-5-7-16(19)20-10-14/h4-7,9-12,15H,8H2,1-3H3. The maximum atomic E-state index is 5.80. The molecular formula is C18H20ClN3O. The molecule has 4 nitrogen and oxygen atoms in total. The maximum absolute atomic E-state index is 5.80. The van der Waals surface area contributed by atoms with Crippen molar-refractivity contribution in [3.05, 3.63) is 53.2 Å². The first kappa shape index (κ1) is 15.9.